The maximum absolute atomic E-state index is 5.08. The molecule has 1 heterocycles. The van der Waals surface area contributed by atoms with Gasteiger partial charge in [0.15, 0.2) is 5.79 Å². The van der Waals surface area contributed by atoms with E-state index in [0.717, 1.165) is 11.5 Å². The van der Waals surface area contributed by atoms with E-state index in [1.165, 1.54) is 0 Å². The van der Waals surface area contributed by atoms with Crippen molar-refractivity contribution in [3.05, 3.63) is 0 Å². The van der Waals surface area contributed by atoms with E-state index in [9.17, 15) is 0 Å². The molecule has 1 saturated heterocycles. The van der Waals surface area contributed by atoms with E-state index in [1.807, 2.05) is 11.8 Å². The van der Waals surface area contributed by atoms with Crippen LogP contribution in [0.1, 0.15) is 0 Å². The topological polar surface area (TPSA) is 18.5 Å². The summed E-state index contributed by atoms with van der Waals surface area (Å²) in [6.07, 6.45) is 0. The van der Waals surface area contributed by atoms with Crippen molar-refractivity contribution in [2.75, 3.05) is 25.7 Å². The lowest BCUT2D eigenvalue weighted by atomic mass is 10.3. The Kier molecular flexibility index (Phi) is 1.80. The van der Waals surface area contributed by atoms with E-state index in [2.05, 4.69) is 0 Å². The molecule has 0 saturated carbocycles. The Labute approximate surface area is 53.5 Å². The van der Waals surface area contributed by atoms with Crippen LogP contribution in [0.2, 0.25) is 0 Å². The number of methoxy groups -OCH3 is 2. The molecule has 0 aromatic rings. The van der Waals surface area contributed by atoms with Crippen molar-refractivity contribution in [3.8, 4) is 0 Å². The number of rotatable bonds is 2. The van der Waals surface area contributed by atoms with Gasteiger partial charge in [0, 0.05) is 25.7 Å². The third kappa shape index (κ3) is 0.855. The molecule has 1 fully saturated rings. The van der Waals surface area contributed by atoms with Crippen LogP contribution < -0.4 is 0 Å². The fourth-order valence-corrected chi connectivity index (χ4v) is 1.60. The molecule has 8 heavy (non-hydrogen) atoms. The van der Waals surface area contributed by atoms with Gasteiger partial charge in [0.25, 0.3) is 0 Å². The fourth-order valence-electron chi connectivity index (χ4n) is 0.588. The van der Waals surface area contributed by atoms with Crippen molar-refractivity contribution in [2.24, 2.45) is 0 Å². The van der Waals surface area contributed by atoms with E-state index in [1.54, 1.807) is 14.2 Å². The van der Waals surface area contributed by atoms with Gasteiger partial charge in [0.2, 0.25) is 0 Å². The lowest BCUT2D eigenvalue weighted by Crippen LogP contribution is -2.46. The molecule has 1 aliphatic rings. The summed E-state index contributed by atoms with van der Waals surface area (Å²) >= 11 is 1.84. The minimum atomic E-state index is -0.231. The summed E-state index contributed by atoms with van der Waals surface area (Å²) in [5.74, 6) is 1.71. The second-order valence-corrected chi connectivity index (χ2v) is 2.80. The van der Waals surface area contributed by atoms with Crippen LogP contribution >= 0.6 is 11.8 Å². The summed E-state index contributed by atoms with van der Waals surface area (Å²) in [4.78, 5) is 0. The second-order valence-electron chi connectivity index (χ2n) is 1.81. The maximum atomic E-state index is 5.08. The quantitative estimate of drug-likeness (QED) is 0.518. The Hall–Kier alpha value is 0.270. The van der Waals surface area contributed by atoms with Gasteiger partial charge >= 0.3 is 0 Å². The maximum Gasteiger partial charge on any atom is 0.185 e. The van der Waals surface area contributed by atoms with Crippen LogP contribution in [0.15, 0.2) is 0 Å². The van der Waals surface area contributed by atoms with Gasteiger partial charge in [-0.1, -0.05) is 0 Å². The first-order valence-electron chi connectivity index (χ1n) is 2.51. The van der Waals surface area contributed by atoms with Crippen molar-refractivity contribution >= 4 is 11.8 Å². The highest BCUT2D eigenvalue weighted by atomic mass is 32.2. The van der Waals surface area contributed by atoms with Gasteiger partial charge in [-0.3, -0.25) is 0 Å². The Balaban J connectivity index is 2.33. The average Bonchev–Trinajstić information content (AvgIpc) is 1.67. The van der Waals surface area contributed by atoms with E-state index < -0.39 is 0 Å². The lowest BCUT2D eigenvalue weighted by molar-refractivity contribution is -0.179. The summed E-state index contributed by atoms with van der Waals surface area (Å²) < 4.78 is 10.2. The van der Waals surface area contributed by atoms with Gasteiger partial charge in [-0.25, -0.2) is 0 Å². The number of thioether (sulfide) groups is 1. The zero-order valence-electron chi connectivity index (χ0n) is 5.14. The fraction of sp³-hybridized carbons (Fsp3) is 1.00. The largest absolute Gasteiger partial charge is 0.352 e. The highest BCUT2D eigenvalue weighted by molar-refractivity contribution is 8.00. The molecule has 3 heteroatoms. The van der Waals surface area contributed by atoms with Crippen LogP contribution in [-0.4, -0.2) is 31.5 Å². The number of ether oxygens (including phenoxy) is 2. The van der Waals surface area contributed by atoms with Crippen LogP contribution in [-0.2, 0) is 9.47 Å². The average molecular weight is 134 g/mol. The zero-order valence-corrected chi connectivity index (χ0v) is 5.96. The first-order valence-corrected chi connectivity index (χ1v) is 3.66. The van der Waals surface area contributed by atoms with Gasteiger partial charge in [-0.15, -0.1) is 0 Å². The predicted octanol–water partition coefficient (Wildman–Crippen LogP) is 0.722. The van der Waals surface area contributed by atoms with Crippen LogP contribution in [0.5, 0.6) is 0 Å². The summed E-state index contributed by atoms with van der Waals surface area (Å²) in [6.45, 7) is 0. The number of hydrogen-bond donors (Lipinski definition) is 0. The smallest absolute Gasteiger partial charge is 0.185 e. The molecule has 0 spiro atoms. The van der Waals surface area contributed by atoms with Crippen LogP contribution in [0.4, 0.5) is 0 Å². The summed E-state index contributed by atoms with van der Waals surface area (Å²) in [7, 11) is 3.37. The van der Waals surface area contributed by atoms with Crippen LogP contribution in [0.25, 0.3) is 0 Å². The Morgan fingerprint density at radius 2 is 1.75 bits per heavy atom. The molecule has 0 N–H and O–H groups in total. The minimum absolute atomic E-state index is 0.231. The SMILES string of the molecule is COC1(OC)CSC1. The van der Waals surface area contributed by atoms with Crippen molar-refractivity contribution in [2.45, 2.75) is 5.79 Å². The first-order chi connectivity index (χ1) is 3.83. The molecule has 0 unspecified atom stereocenters. The first kappa shape index (κ1) is 6.39. The van der Waals surface area contributed by atoms with E-state index in [4.69, 9.17) is 9.47 Å². The van der Waals surface area contributed by atoms with Crippen molar-refractivity contribution in [3.63, 3.8) is 0 Å². The molecule has 0 aromatic carbocycles. The second kappa shape index (κ2) is 2.25. The van der Waals surface area contributed by atoms with Gasteiger partial charge in [-0.05, 0) is 0 Å². The predicted molar refractivity (Wildman–Crippen MR) is 34.1 cm³/mol. The normalized spacial score (nSPS) is 24.8. The van der Waals surface area contributed by atoms with Crippen molar-refractivity contribution in [1.82, 2.24) is 0 Å². The molecular weight excluding hydrogens is 124 g/mol. The van der Waals surface area contributed by atoms with E-state index >= 15 is 0 Å². The molecule has 0 amide bonds. The third-order valence-electron chi connectivity index (χ3n) is 1.39. The van der Waals surface area contributed by atoms with Gasteiger partial charge in [0.1, 0.15) is 0 Å². The molecule has 48 valence electrons. The highest BCUT2D eigenvalue weighted by Crippen LogP contribution is 2.32. The monoisotopic (exact) mass is 134 g/mol. The molecular formula is C5H10O2S. The summed E-state index contributed by atoms with van der Waals surface area (Å²) in [6, 6.07) is 0. The van der Waals surface area contributed by atoms with Gasteiger partial charge in [-0.2, -0.15) is 11.8 Å². The highest BCUT2D eigenvalue weighted by Gasteiger charge is 2.37. The number of hydrogen-bond acceptors (Lipinski definition) is 3. The van der Waals surface area contributed by atoms with E-state index in [-0.39, 0.29) is 5.79 Å². The molecule has 1 rings (SSSR count). The summed E-state index contributed by atoms with van der Waals surface area (Å²) in [5, 5.41) is 0. The molecule has 0 radical (unpaired) electrons. The standard InChI is InChI=1S/C5H10O2S/c1-6-5(7-2)3-8-4-5/h3-4H2,1-2H3. The molecule has 0 aromatic heterocycles. The van der Waals surface area contributed by atoms with Crippen molar-refractivity contribution < 1.29 is 9.47 Å². The summed E-state index contributed by atoms with van der Waals surface area (Å²) in [5.41, 5.74) is 0. The molecule has 1 aliphatic heterocycles. The molecule has 2 nitrogen and oxygen atoms in total. The van der Waals surface area contributed by atoms with E-state index in [0.29, 0.717) is 0 Å². The minimum Gasteiger partial charge on any atom is -0.352 e. The van der Waals surface area contributed by atoms with Crippen LogP contribution in [0, 0.1) is 0 Å². The third-order valence-corrected chi connectivity index (χ3v) is 2.68. The van der Waals surface area contributed by atoms with Crippen LogP contribution in [0.3, 0.4) is 0 Å². The Bertz CT molecular complexity index is 67.0. The Morgan fingerprint density at radius 1 is 1.25 bits per heavy atom. The lowest BCUT2D eigenvalue weighted by Gasteiger charge is -2.37. The molecule has 0 aliphatic carbocycles. The Morgan fingerprint density at radius 3 is 1.75 bits per heavy atom. The molecule has 0 atom stereocenters. The van der Waals surface area contributed by atoms with Gasteiger partial charge in [0.05, 0.1) is 0 Å². The van der Waals surface area contributed by atoms with Crippen molar-refractivity contribution in [1.29, 1.82) is 0 Å². The van der Waals surface area contributed by atoms with Gasteiger partial charge < -0.3 is 9.47 Å². The molecule has 0 bridgehead atoms. The zero-order chi connectivity index (χ0) is 6.04.